The van der Waals surface area contributed by atoms with Crippen molar-refractivity contribution in [2.75, 3.05) is 12.0 Å². The van der Waals surface area contributed by atoms with E-state index in [0.29, 0.717) is 29.3 Å². The summed E-state index contributed by atoms with van der Waals surface area (Å²) < 4.78 is 5.08. The highest BCUT2D eigenvalue weighted by molar-refractivity contribution is 6.32. The molecule has 0 N–H and O–H groups in total. The normalized spacial score (nSPS) is 25.0. The molecule has 1 saturated heterocycles. The van der Waals surface area contributed by atoms with Crippen molar-refractivity contribution in [1.82, 2.24) is 0 Å². The maximum atomic E-state index is 12.4. The summed E-state index contributed by atoms with van der Waals surface area (Å²) >= 11 is 6.07. The zero-order valence-corrected chi connectivity index (χ0v) is 11.8. The highest BCUT2D eigenvalue weighted by atomic mass is 35.5. The molecule has 0 aromatic heterocycles. The first-order valence-electron chi connectivity index (χ1n) is 6.50. The van der Waals surface area contributed by atoms with E-state index < -0.39 is 0 Å². The van der Waals surface area contributed by atoms with Gasteiger partial charge in [-0.15, -0.1) is 0 Å². The van der Waals surface area contributed by atoms with E-state index in [9.17, 15) is 9.59 Å². The number of carbonyl (C=O) groups excluding carboxylic acids is 2. The molecule has 1 fully saturated rings. The second-order valence-corrected chi connectivity index (χ2v) is 5.39. The average molecular weight is 292 g/mol. The molecule has 4 nitrogen and oxygen atoms in total. The molecule has 104 valence electrons. The van der Waals surface area contributed by atoms with Crippen molar-refractivity contribution < 1.29 is 14.3 Å². The Kier molecular flexibility index (Phi) is 3.26. The van der Waals surface area contributed by atoms with Crippen LogP contribution in [-0.2, 0) is 9.59 Å². The molecule has 1 aliphatic carbocycles. The molecule has 1 aromatic carbocycles. The third-order valence-corrected chi connectivity index (χ3v) is 4.20. The number of halogens is 1. The van der Waals surface area contributed by atoms with E-state index in [1.54, 1.807) is 18.2 Å². The Labute approximate surface area is 122 Å². The lowest BCUT2D eigenvalue weighted by atomic mass is 9.85. The van der Waals surface area contributed by atoms with Gasteiger partial charge >= 0.3 is 0 Å². The van der Waals surface area contributed by atoms with Gasteiger partial charge in [-0.1, -0.05) is 23.8 Å². The standard InChI is InChI=1S/C15H14ClNO3/c1-20-13-7-6-9(8-12(13)16)17-14(18)10-4-2-3-5-11(10)15(17)19/h2-3,6-8,10-11H,4-5H2,1H3. The van der Waals surface area contributed by atoms with E-state index in [4.69, 9.17) is 16.3 Å². The third kappa shape index (κ3) is 1.91. The fourth-order valence-corrected chi connectivity index (χ4v) is 3.10. The lowest BCUT2D eigenvalue weighted by Gasteiger charge is -2.16. The van der Waals surface area contributed by atoms with Gasteiger partial charge < -0.3 is 4.74 Å². The van der Waals surface area contributed by atoms with Crippen LogP contribution in [0.15, 0.2) is 30.4 Å². The Morgan fingerprint density at radius 2 is 1.75 bits per heavy atom. The fourth-order valence-electron chi connectivity index (χ4n) is 2.85. The predicted octanol–water partition coefficient (Wildman–Crippen LogP) is 2.80. The van der Waals surface area contributed by atoms with Gasteiger partial charge in [0.25, 0.3) is 0 Å². The number of ether oxygens (including phenoxy) is 1. The zero-order valence-electron chi connectivity index (χ0n) is 11.0. The molecule has 0 spiro atoms. The van der Waals surface area contributed by atoms with Gasteiger partial charge in [0, 0.05) is 0 Å². The van der Waals surface area contributed by atoms with Crippen LogP contribution in [0.3, 0.4) is 0 Å². The molecule has 0 bridgehead atoms. The topological polar surface area (TPSA) is 46.6 Å². The fraction of sp³-hybridized carbons (Fsp3) is 0.333. The quantitative estimate of drug-likeness (QED) is 0.622. The van der Waals surface area contributed by atoms with Crippen LogP contribution in [0.25, 0.3) is 0 Å². The number of allylic oxidation sites excluding steroid dienone is 2. The number of carbonyl (C=O) groups is 2. The Balaban J connectivity index is 1.96. The average Bonchev–Trinajstić information content (AvgIpc) is 2.71. The SMILES string of the molecule is COc1ccc(N2C(=O)C3CC=CCC3C2=O)cc1Cl. The summed E-state index contributed by atoms with van der Waals surface area (Å²) in [5.41, 5.74) is 0.514. The second-order valence-electron chi connectivity index (χ2n) is 4.99. The van der Waals surface area contributed by atoms with Gasteiger partial charge in [0.1, 0.15) is 5.75 Å². The van der Waals surface area contributed by atoms with Crippen LogP contribution >= 0.6 is 11.6 Å². The van der Waals surface area contributed by atoms with E-state index in [-0.39, 0.29) is 23.7 Å². The summed E-state index contributed by atoms with van der Waals surface area (Å²) in [6.07, 6.45) is 5.21. The Hall–Kier alpha value is -1.81. The van der Waals surface area contributed by atoms with E-state index in [1.165, 1.54) is 12.0 Å². The number of imide groups is 1. The smallest absolute Gasteiger partial charge is 0.238 e. The van der Waals surface area contributed by atoms with Crippen molar-refractivity contribution in [3.63, 3.8) is 0 Å². The molecule has 20 heavy (non-hydrogen) atoms. The third-order valence-electron chi connectivity index (χ3n) is 3.90. The monoisotopic (exact) mass is 291 g/mol. The van der Waals surface area contributed by atoms with Crippen molar-refractivity contribution >= 4 is 29.1 Å². The molecule has 1 aliphatic heterocycles. The number of fused-ring (bicyclic) bond motifs is 1. The largest absolute Gasteiger partial charge is 0.495 e. The van der Waals surface area contributed by atoms with E-state index in [0.717, 1.165) is 0 Å². The molecule has 2 amide bonds. The Morgan fingerprint density at radius 1 is 1.15 bits per heavy atom. The lowest BCUT2D eigenvalue weighted by molar-refractivity contribution is -0.122. The minimum Gasteiger partial charge on any atom is -0.495 e. The van der Waals surface area contributed by atoms with Crippen LogP contribution in [0.5, 0.6) is 5.75 Å². The van der Waals surface area contributed by atoms with Crippen LogP contribution in [0.1, 0.15) is 12.8 Å². The van der Waals surface area contributed by atoms with Gasteiger partial charge in [-0.25, -0.2) is 4.90 Å². The maximum Gasteiger partial charge on any atom is 0.238 e. The predicted molar refractivity (Wildman–Crippen MR) is 75.9 cm³/mol. The minimum absolute atomic E-state index is 0.134. The van der Waals surface area contributed by atoms with Crippen LogP contribution in [0.2, 0.25) is 5.02 Å². The number of hydrogen-bond donors (Lipinski definition) is 0. The van der Waals surface area contributed by atoms with Crippen LogP contribution in [0.4, 0.5) is 5.69 Å². The summed E-state index contributed by atoms with van der Waals surface area (Å²) in [5, 5.41) is 0.388. The first-order chi connectivity index (χ1) is 9.63. The number of hydrogen-bond acceptors (Lipinski definition) is 3. The zero-order chi connectivity index (χ0) is 14.3. The maximum absolute atomic E-state index is 12.4. The molecule has 1 heterocycles. The van der Waals surface area contributed by atoms with Gasteiger partial charge in [0.05, 0.1) is 29.7 Å². The van der Waals surface area contributed by atoms with Crippen LogP contribution in [0, 0.1) is 11.8 Å². The number of benzene rings is 1. The molecule has 3 rings (SSSR count). The van der Waals surface area contributed by atoms with Gasteiger partial charge in [-0.2, -0.15) is 0 Å². The molecule has 2 aliphatic rings. The second kappa shape index (κ2) is 4.94. The number of anilines is 1. The molecular weight excluding hydrogens is 278 g/mol. The van der Waals surface area contributed by atoms with Crippen molar-refractivity contribution in [2.24, 2.45) is 11.8 Å². The summed E-state index contributed by atoms with van der Waals surface area (Å²) in [4.78, 5) is 26.1. The van der Waals surface area contributed by atoms with E-state index in [1.807, 2.05) is 12.2 Å². The van der Waals surface area contributed by atoms with Crippen molar-refractivity contribution in [3.05, 3.63) is 35.4 Å². The molecule has 0 radical (unpaired) electrons. The molecule has 1 aromatic rings. The number of amides is 2. The first-order valence-corrected chi connectivity index (χ1v) is 6.87. The van der Waals surface area contributed by atoms with Crippen molar-refractivity contribution in [2.45, 2.75) is 12.8 Å². The molecule has 2 atom stereocenters. The molecule has 0 saturated carbocycles. The highest BCUT2D eigenvalue weighted by Crippen LogP contribution is 2.39. The molecule has 2 unspecified atom stereocenters. The summed E-state index contributed by atoms with van der Waals surface area (Å²) in [7, 11) is 1.52. The van der Waals surface area contributed by atoms with E-state index >= 15 is 0 Å². The first kappa shape index (κ1) is 13.2. The molecular formula is C15H14ClNO3. The van der Waals surface area contributed by atoms with Crippen molar-refractivity contribution in [3.8, 4) is 5.75 Å². The van der Waals surface area contributed by atoms with Gasteiger partial charge in [-0.3, -0.25) is 9.59 Å². The summed E-state index contributed by atoms with van der Waals surface area (Å²) in [5.74, 6) is -0.202. The Bertz CT molecular complexity index is 585. The number of rotatable bonds is 2. The summed E-state index contributed by atoms with van der Waals surface area (Å²) in [6, 6.07) is 4.95. The molecule has 5 heteroatoms. The van der Waals surface area contributed by atoms with E-state index in [2.05, 4.69) is 0 Å². The Morgan fingerprint density at radius 3 is 2.25 bits per heavy atom. The number of methoxy groups -OCH3 is 1. The lowest BCUT2D eigenvalue weighted by Crippen LogP contribution is -2.30. The van der Waals surface area contributed by atoms with Gasteiger partial charge in [0.2, 0.25) is 11.8 Å². The van der Waals surface area contributed by atoms with Crippen molar-refractivity contribution in [1.29, 1.82) is 0 Å². The van der Waals surface area contributed by atoms with Crippen LogP contribution < -0.4 is 9.64 Å². The number of nitrogens with zero attached hydrogens (tertiary/aromatic N) is 1. The minimum atomic E-state index is -0.228. The van der Waals surface area contributed by atoms with Gasteiger partial charge in [0.15, 0.2) is 0 Å². The van der Waals surface area contributed by atoms with Crippen LogP contribution in [-0.4, -0.2) is 18.9 Å². The van der Waals surface area contributed by atoms with Gasteiger partial charge in [-0.05, 0) is 31.0 Å². The highest BCUT2D eigenvalue weighted by Gasteiger charge is 2.47. The summed E-state index contributed by atoms with van der Waals surface area (Å²) in [6.45, 7) is 0.